The molecule has 0 atom stereocenters. The van der Waals surface area contributed by atoms with E-state index in [0.717, 1.165) is 56.4 Å². The Bertz CT molecular complexity index is 2130. The maximum Gasteiger partial charge on any atom is 0.115 e. The van der Waals surface area contributed by atoms with Crippen LogP contribution in [0, 0.1) is 0 Å². The molecular formula is C46H36N6O2Ru. The summed E-state index contributed by atoms with van der Waals surface area (Å²) in [7, 11) is 0. The second-order valence-electron chi connectivity index (χ2n) is 11.7. The molecule has 8 nitrogen and oxygen atoms in total. The second kappa shape index (κ2) is 20.9. The van der Waals surface area contributed by atoms with Crippen LogP contribution in [0.25, 0.3) is 58.5 Å². The molecule has 2 N–H and O–H groups in total. The normalized spacial score (nSPS) is 10.4. The molecule has 0 saturated carbocycles. The van der Waals surface area contributed by atoms with Crippen LogP contribution < -0.4 is 0 Å². The van der Waals surface area contributed by atoms with Gasteiger partial charge in [-0.1, -0.05) is 72.8 Å². The van der Waals surface area contributed by atoms with E-state index in [1.807, 2.05) is 146 Å². The molecular weight excluding hydrogens is 770 g/mol. The van der Waals surface area contributed by atoms with E-state index in [1.165, 1.54) is 0 Å². The van der Waals surface area contributed by atoms with Crippen molar-refractivity contribution < 1.29 is 29.7 Å². The number of phenols is 2. The monoisotopic (exact) mass is 806 g/mol. The Morgan fingerprint density at radius 3 is 0.873 bits per heavy atom. The fourth-order valence-corrected chi connectivity index (χ4v) is 4.99. The third kappa shape index (κ3) is 12.6. The molecule has 6 heterocycles. The summed E-state index contributed by atoms with van der Waals surface area (Å²) >= 11 is 0. The number of phenolic OH excluding ortho intramolecular Hbond substituents is 2. The maximum absolute atomic E-state index is 9.39. The van der Waals surface area contributed by atoms with Crippen LogP contribution in [0.5, 0.6) is 11.5 Å². The van der Waals surface area contributed by atoms with Gasteiger partial charge in [0.25, 0.3) is 0 Å². The molecule has 9 heteroatoms. The zero-order valence-electron chi connectivity index (χ0n) is 29.6. The zero-order chi connectivity index (χ0) is 37.2. The van der Waals surface area contributed by atoms with Crippen molar-refractivity contribution in [2.75, 3.05) is 0 Å². The Labute approximate surface area is 333 Å². The second-order valence-corrected chi connectivity index (χ2v) is 11.7. The van der Waals surface area contributed by atoms with Crippen molar-refractivity contribution >= 4 is 24.3 Å². The third-order valence-electron chi connectivity index (χ3n) is 7.74. The zero-order valence-corrected chi connectivity index (χ0v) is 31.3. The Balaban J connectivity index is 0.000000189. The molecule has 8 rings (SSSR count). The summed E-state index contributed by atoms with van der Waals surface area (Å²) in [5.74, 6) is 0.507. The summed E-state index contributed by atoms with van der Waals surface area (Å²) in [4.78, 5) is 25.7. The minimum atomic E-state index is 0. The molecule has 0 aliphatic carbocycles. The Hall–Kier alpha value is -6.96. The van der Waals surface area contributed by atoms with Crippen LogP contribution in [-0.2, 0) is 19.5 Å². The molecule has 0 bridgehead atoms. The van der Waals surface area contributed by atoms with Crippen molar-refractivity contribution in [1.29, 1.82) is 0 Å². The Kier molecular flexibility index (Phi) is 14.9. The van der Waals surface area contributed by atoms with E-state index in [9.17, 15) is 10.2 Å². The predicted molar refractivity (Wildman–Crippen MR) is 216 cm³/mol. The minimum Gasteiger partial charge on any atom is -0.508 e. The van der Waals surface area contributed by atoms with E-state index in [4.69, 9.17) is 0 Å². The molecule has 2 aromatic carbocycles. The van der Waals surface area contributed by atoms with Gasteiger partial charge in [0.05, 0.1) is 34.2 Å². The molecule has 0 spiro atoms. The van der Waals surface area contributed by atoms with Crippen molar-refractivity contribution in [3.05, 3.63) is 205 Å². The minimum absolute atomic E-state index is 0. The SMILES string of the molecule is Oc1ccc(/C=C/c2ccnc(-c3cc(/C=C/c4ccc(O)cc4)ccn3)c2)cc1.[Ru].c1ccc(-c2ccccn2)nc1.c1ccc(-c2ccccn2)nc1. The van der Waals surface area contributed by atoms with Gasteiger partial charge in [0.15, 0.2) is 0 Å². The fraction of sp³-hybridized carbons (Fsp3) is 0. The van der Waals surface area contributed by atoms with Gasteiger partial charge in [-0.25, -0.2) is 0 Å². The average molecular weight is 806 g/mol. The van der Waals surface area contributed by atoms with Crippen LogP contribution in [0.1, 0.15) is 22.3 Å². The first-order valence-electron chi connectivity index (χ1n) is 17.1. The average Bonchev–Trinajstić information content (AvgIpc) is 3.25. The topological polar surface area (TPSA) is 118 Å². The molecule has 8 aromatic rings. The fourth-order valence-electron chi connectivity index (χ4n) is 4.99. The van der Waals surface area contributed by atoms with Gasteiger partial charge in [0, 0.05) is 56.7 Å². The molecule has 6 aromatic heterocycles. The van der Waals surface area contributed by atoms with Gasteiger partial charge in [-0.05, 0) is 119 Å². The van der Waals surface area contributed by atoms with Gasteiger partial charge in [0.1, 0.15) is 11.5 Å². The largest absolute Gasteiger partial charge is 0.508 e. The van der Waals surface area contributed by atoms with Crippen LogP contribution in [0.15, 0.2) is 183 Å². The van der Waals surface area contributed by atoms with E-state index >= 15 is 0 Å². The van der Waals surface area contributed by atoms with Crippen LogP contribution in [0.3, 0.4) is 0 Å². The summed E-state index contributed by atoms with van der Waals surface area (Å²) in [6.45, 7) is 0. The predicted octanol–water partition coefficient (Wildman–Crippen LogP) is 10.2. The van der Waals surface area contributed by atoms with E-state index in [-0.39, 0.29) is 31.0 Å². The van der Waals surface area contributed by atoms with Crippen LogP contribution in [-0.4, -0.2) is 40.1 Å². The molecule has 0 saturated heterocycles. The van der Waals surface area contributed by atoms with Crippen LogP contribution in [0.2, 0.25) is 0 Å². The van der Waals surface area contributed by atoms with Crippen molar-refractivity contribution in [2.24, 2.45) is 0 Å². The number of pyridine rings is 6. The maximum atomic E-state index is 9.39. The molecule has 0 unspecified atom stereocenters. The smallest absolute Gasteiger partial charge is 0.115 e. The van der Waals surface area contributed by atoms with Crippen molar-refractivity contribution in [2.45, 2.75) is 0 Å². The molecule has 55 heavy (non-hydrogen) atoms. The number of nitrogens with zero attached hydrogens (tertiary/aromatic N) is 6. The number of hydrogen-bond donors (Lipinski definition) is 2. The number of hydrogen-bond acceptors (Lipinski definition) is 8. The summed E-state index contributed by atoms with van der Waals surface area (Å²) in [6, 6.07) is 45.2. The van der Waals surface area contributed by atoms with Gasteiger partial charge < -0.3 is 10.2 Å². The summed E-state index contributed by atoms with van der Waals surface area (Å²) in [5, 5.41) is 18.8. The van der Waals surface area contributed by atoms with Crippen LogP contribution in [0.4, 0.5) is 0 Å². The Morgan fingerprint density at radius 2 is 0.582 bits per heavy atom. The van der Waals surface area contributed by atoms with E-state index in [1.54, 1.807) is 61.4 Å². The molecule has 0 amide bonds. The summed E-state index contributed by atoms with van der Waals surface area (Å²) in [6.07, 6.45) is 18.6. The third-order valence-corrected chi connectivity index (χ3v) is 7.74. The van der Waals surface area contributed by atoms with Crippen molar-refractivity contribution in [3.63, 3.8) is 0 Å². The van der Waals surface area contributed by atoms with Gasteiger partial charge in [-0.2, -0.15) is 0 Å². The number of aromatic hydroxyl groups is 2. The van der Waals surface area contributed by atoms with Gasteiger partial charge in [0.2, 0.25) is 0 Å². The molecule has 0 fully saturated rings. The van der Waals surface area contributed by atoms with Crippen molar-refractivity contribution in [1.82, 2.24) is 29.9 Å². The van der Waals surface area contributed by atoms with Gasteiger partial charge in [-0.3, -0.25) is 29.9 Å². The first-order chi connectivity index (χ1) is 26.6. The van der Waals surface area contributed by atoms with Gasteiger partial charge >= 0.3 is 0 Å². The standard InChI is InChI=1S/C26H20N2O2.2C10H8N2.Ru/c29-23-9-5-19(6-10-23)1-3-21-13-15-27-25(17-21)26-18-22(14-16-28-26)4-2-20-7-11-24(30)12-8-20;2*1-3-7-11-9(5-1)10-6-2-4-8-12-10;/h1-18,29-30H;2*1-8H;/b3-1+,4-2+;;;. The molecule has 0 radical (unpaired) electrons. The molecule has 270 valence electrons. The quantitative estimate of drug-likeness (QED) is 0.153. The molecule has 0 aliphatic rings. The van der Waals surface area contributed by atoms with Crippen molar-refractivity contribution in [3.8, 4) is 45.7 Å². The number of benzene rings is 2. The number of rotatable bonds is 7. The van der Waals surface area contributed by atoms with E-state index in [2.05, 4.69) is 29.9 Å². The molecule has 0 aliphatic heterocycles. The van der Waals surface area contributed by atoms with E-state index < -0.39 is 0 Å². The first kappa shape index (κ1) is 39.3. The van der Waals surface area contributed by atoms with Crippen LogP contribution >= 0.6 is 0 Å². The number of aromatic nitrogens is 6. The summed E-state index contributed by atoms with van der Waals surface area (Å²) < 4.78 is 0. The van der Waals surface area contributed by atoms with E-state index in [0.29, 0.717) is 0 Å². The first-order valence-corrected chi connectivity index (χ1v) is 17.1. The Morgan fingerprint density at radius 1 is 0.291 bits per heavy atom. The summed E-state index contributed by atoms with van der Waals surface area (Å²) in [5.41, 5.74) is 9.29. The van der Waals surface area contributed by atoms with Gasteiger partial charge in [-0.15, -0.1) is 0 Å².